The van der Waals surface area contributed by atoms with Crippen molar-refractivity contribution < 1.29 is 9.21 Å². The van der Waals surface area contributed by atoms with Gasteiger partial charge < -0.3 is 9.73 Å². The van der Waals surface area contributed by atoms with Crippen molar-refractivity contribution in [1.82, 2.24) is 5.32 Å². The highest BCUT2D eigenvalue weighted by Crippen LogP contribution is 2.27. The van der Waals surface area contributed by atoms with Crippen LogP contribution in [0.3, 0.4) is 0 Å². The molecular formula is C13H21BrN2O2. The van der Waals surface area contributed by atoms with Gasteiger partial charge in [0.15, 0.2) is 4.67 Å². The fraction of sp³-hybridized carbons (Fsp3) is 0.615. The van der Waals surface area contributed by atoms with Crippen LogP contribution in [0.1, 0.15) is 41.0 Å². The molecule has 1 aromatic heterocycles. The average molecular weight is 317 g/mol. The van der Waals surface area contributed by atoms with Crippen molar-refractivity contribution in [2.75, 3.05) is 5.32 Å². The molecule has 0 aliphatic heterocycles. The Balaban J connectivity index is 2.54. The summed E-state index contributed by atoms with van der Waals surface area (Å²) in [6.45, 7) is 10.5. The molecule has 1 aromatic rings. The van der Waals surface area contributed by atoms with Gasteiger partial charge in [0, 0.05) is 11.6 Å². The molecule has 5 heteroatoms. The summed E-state index contributed by atoms with van der Waals surface area (Å²) in [4.78, 5) is 11.8. The molecule has 0 aliphatic rings. The lowest BCUT2D eigenvalue weighted by molar-refractivity contribution is 0.219. The van der Waals surface area contributed by atoms with E-state index in [9.17, 15) is 4.79 Å². The lowest BCUT2D eigenvalue weighted by Crippen LogP contribution is -2.47. The second kappa shape index (κ2) is 5.34. The molecule has 0 saturated heterocycles. The number of rotatable bonds is 3. The SMILES string of the molecule is CC(C)(C)CC(C)(C)NC(=O)Nc1ccc(Br)o1. The van der Waals surface area contributed by atoms with E-state index in [0.29, 0.717) is 10.6 Å². The third-order valence-electron chi connectivity index (χ3n) is 2.23. The summed E-state index contributed by atoms with van der Waals surface area (Å²) in [6, 6.07) is 3.17. The number of urea groups is 1. The van der Waals surface area contributed by atoms with Gasteiger partial charge in [0.25, 0.3) is 0 Å². The Labute approximate surface area is 117 Å². The molecule has 0 aliphatic carbocycles. The molecule has 1 rings (SSSR count). The smallest absolute Gasteiger partial charge is 0.321 e. The fourth-order valence-electron chi connectivity index (χ4n) is 2.20. The summed E-state index contributed by atoms with van der Waals surface area (Å²) in [6.07, 6.45) is 0.884. The van der Waals surface area contributed by atoms with Gasteiger partial charge in [-0.15, -0.1) is 0 Å². The monoisotopic (exact) mass is 316 g/mol. The summed E-state index contributed by atoms with van der Waals surface area (Å²) in [5.41, 5.74) is -0.114. The van der Waals surface area contributed by atoms with E-state index in [0.717, 1.165) is 6.42 Å². The lowest BCUT2D eigenvalue weighted by atomic mass is 9.82. The summed E-state index contributed by atoms with van der Waals surface area (Å²) in [5, 5.41) is 5.60. The largest absolute Gasteiger partial charge is 0.434 e. The first-order chi connectivity index (χ1) is 8.07. The second-order valence-corrected chi connectivity index (χ2v) is 7.09. The topological polar surface area (TPSA) is 54.3 Å². The van der Waals surface area contributed by atoms with Crippen molar-refractivity contribution >= 4 is 27.8 Å². The van der Waals surface area contributed by atoms with Crippen molar-refractivity contribution in [3.05, 3.63) is 16.8 Å². The van der Waals surface area contributed by atoms with E-state index >= 15 is 0 Å². The highest BCUT2D eigenvalue weighted by atomic mass is 79.9. The number of hydrogen-bond donors (Lipinski definition) is 2. The molecule has 2 amide bonds. The number of amides is 2. The maximum absolute atomic E-state index is 11.8. The number of halogens is 1. The zero-order chi connectivity index (χ0) is 14.0. The van der Waals surface area contributed by atoms with E-state index < -0.39 is 0 Å². The first-order valence-electron chi connectivity index (χ1n) is 5.92. The second-order valence-electron chi connectivity index (χ2n) is 6.30. The zero-order valence-corrected chi connectivity index (χ0v) is 13.1. The Morgan fingerprint density at radius 3 is 2.33 bits per heavy atom. The van der Waals surface area contributed by atoms with Gasteiger partial charge in [0.2, 0.25) is 5.88 Å². The van der Waals surface area contributed by atoms with E-state index in [2.05, 4.69) is 47.3 Å². The standard InChI is InChI=1S/C13H21BrN2O2/c1-12(2,3)8-13(4,5)16-11(17)15-10-7-6-9(14)18-10/h6-7H,8H2,1-5H3,(H2,15,16,17). The van der Waals surface area contributed by atoms with Crippen molar-refractivity contribution in [3.8, 4) is 0 Å². The summed E-state index contributed by atoms with van der Waals surface area (Å²) in [7, 11) is 0. The minimum atomic E-state index is -0.272. The van der Waals surface area contributed by atoms with Crippen LogP contribution in [0, 0.1) is 5.41 Å². The normalized spacial score (nSPS) is 12.3. The molecule has 1 heterocycles. The molecule has 102 valence electrons. The van der Waals surface area contributed by atoms with E-state index in [1.165, 1.54) is 0 Å². The maximum Gasteiger partial charge on any atom is 0.321 e. The highest BCUT2D eigenvalue weighted by Gasteiger charge is 2.27. The average Bonchev–Trinajstić information content (AvgIpc) is 2.44. The van der Waals surface area contributed by atoms with Gasteiger partial charge in [0.1, 0.15) is 0 Å². The number of carbonyl (C=O) groups is 1. The van der Waals surface area contributed by atoms with E-state index in [-0.39, 0.29) is 17.0 Å². The van der Waals surface area contributed by atoms with Crippen molar-refractivity contribution in [2.24, 2.45) is 5.41 Å². The third kappa shape index (κ3) is 5.58. The predicted molar refractivity (Wildman–Crippen MR) is 76.7 cm³/mol. The van der Waals surface area contributed by atoms with Gasteiger partial charge in [0.05, 0.1) is 0 Å². The van der Waals surface area contributed by atoms with Crippen LogP contribution < -0.4 is 10.6 Å². The number of nitrogens with one attached hydrogen (secondary N) is 2. The van der Waals surface area contributed by atoms with Gasteiger partial charge in [-0.05, 0) is 47.7 Å². The van der Waals surface area contributed by atoms with E-state index in [4.69, 9.17) is 4.42 Å². The number of anilines is 1. The number of hydrogen-bond acceptors (Lipinski definition) is 2. The van der Waals surface area contributed by atoms with E-state index in [1.54, 1.807) is 12.1 Å². The Hall–Kier alpha value is -0.970. The van der Waals surface area contributed by atoms with Crippen LogP contribution in [0.2, 0.25) is 0 Å². The molecule has 0 spiro atoms. The molecule has 0 aromatic carbocycles. The molecule has 0 fully saturated rings. The lowest BCUT2D eigenvalue weighted by Gasteiger charge is -2.33. The summed E-state index contributed by atoms with van der Waals surface area (Å²) in [5.74, 6) is 0.422. The number of carbonyl (C=O) groups excluding carboxylic acids is 1. The Bertz CT molecular complexity index is 419. The molecule has 4 nitrogen and oxygen atoms in total. The molecular weight excluding hydrogens is 296 g/mol. The van der Waals surface area contributed by atoms with Crippen LogP contribution in [0.5, 0.6) is 0 Å². The molecule has 2 N–H and O–H groups in total. The zero-order valence-electron chi connectivity index (χ0n) is 11.6. The molecule has 0 radical (unpaired) electrons. The summed E-state index contributed by atoms with van der Waals surface area (Å²) < 4.78 is 5.80. The minimum absolute atomic E-state index is 0.157. The predicted octanol–water partition coefficient (Wildman–Crippen LogP) is 4.38. The first kappa shape index (κ1) is 15.1. The van der Waals surface area contributed by atoms with Crippen LogP contribution in [-0.2, 0) is 0 Å². The van der Waals surface area contributed by atoms with Crippen molar-refractivity contribution in [3.63, 3.8) is 0 Å². The summed E-state index contributed by atoms with van der Waals surface area (Å²) >= 11 is 3.18. The Kier molecular flexibility index (Phi) is 4.48. The van der Waals surface area contributed by atoms with Crippen LogP contribution in [0.25, 0.3) is 0 Å². The van der Waals surface area contributed by atoms with Gasteiger partial charge in [-0.3, -0.25) is 5.32 Å². The molecule has 18 heavy (non-hydrogen) atoms. The van der Waals surface area contributed by atoms with Crippen LogP contribution in [0.4, 0.5) is 10.7 Å². The molecule has 0 unspecified atom stereocenters. The Morgan fingerprint density at radius 2 is 1.89 bits per heavy atom. The first-order valence-corrected chi connectivity index (χ1v) is 6.71. The van der Waals surface area contributed by atoms with Gasteiger partial charge >= 0.3 is 6.03 Å². The van der Waals surface area contributed by atoms with E-state index in [1.807, 2.05) is 13.8 Å². The van der Waals surface area contributed by atoms with Crippen LogP contribution in [-0.4, -0.2) is 11.6 Å². The highest BCUT2D eigenvalue weighted by molar-refractivity contribution is 9.10. The third-order valence-corrected chi connectivity index (χ3v) is 2.66. The van der Waals surface area contributed by atoms with Crippen LogP contribution >= 0.6 is 15.9 Å². The number of furan rings is 1. The van der Waals surface area contributed by atoms with Crippen LogP contribution in [0.15, 0.2) is 21.2 Å². The molecule has 0 atom stereocenters. The quantitative estimate of drug-likeness (QED) is 0.869. The fourth-order valence-corrected chi connectivity index (χ4v) is 2.51. The van der Waals surface area contributed by atoms with Gasteiger partial charge in [-0.1, -0.05) is 20.8 Å². The van der Waals surface area contributed by atoms with Crippen molar-refractivity contribution in [2.45, 2.75) is 46.6 Å². The Morgan fingerprint density at radius 1 is 1.28 bits per heavy atom. The molecule has 0 saturated carbocycles. The molecule has 0 bridgehead atoms. The van der Waals surface area contributed by atoms with Gasteiger partial charge in [-0.25, -0.2) is 4.79 Å². The minimum Gasteiger partial charge on any atom is -0.434 e. The maximum atomic E-state index is 11.8. The van der Waals surface area contributed by atoms with Crippen molar-refractivity contribution in [1.29, 1.82) is 0 Å². The van der Waals surface area contributed by atoms with Gasteiger partial charge in [-0.2, -0.15) is 0 Å².